The van der Waals surface area contributed by atoms with Gasteiger partial charge in [0, 0.05) is 11.3 Å². The molecule has 0 bridgehead atoms. The molecule has 0 unspecified atom stereocenters. The SMILES string of the molecule is COc1ccc(F)cc1C[NH+]1CC[NH+]([C@@H](C)C(=O)c2[nH]c(C)c(C(C)=O)c2C)CC1. The number of methoxy groups -OCH3 is 1. The molecule has 0 aliphatic carbocycles. The molecule has 3 N–H and O–H groups in total. The number of rotatable bonds is 7. The second-order valence-corrected chi connectivity index (χ2v) is 8.31. The van der Waals surface area contributed by atoms with Gasteiger partial charge >= 0.3 is 0 Å². The molecule has 1 fully saturated rings. The van der Waals surface area contributed by atoms with E-state index in [1.54, 1.807) is 19.2 Å². The second kappa shape index (κ2) is 9.10. The van der Waals surface area contributed by atoms with Crippen LogP contribution in [0.25, 0.3) is 0 Å². The van der Waals surface area contributed by atoms with Gasteiger partial charge in [0.15, 0.2) is 11.8 Å². The molecular weight excluding hydrogens is 385 g/mol. The average Bonchev–Trinajstić information content (AvgIpc) is 3.01. The van der Waals surface area contributed by atoms with E-state index in [0.717, 1.165) is 43.0 Å². The molecule has 6 nitrogen and oxygen atoms in total. The maximum atomic E-state index is 13.6. The number of aromatic nitrogens is 1. The number of carbonyl (C=O) groups is 2. The number of quaternary nitrogens is 2. The molecule has 1 aliphatic heterocycles. The summed E-state index contributed by atoms with van der Waals surface area (Å²) in [4.78, 5) is 30.7. The van der Waals surface area contributed by atoms with Crippen molar-refractivity contribution in [2.45, 2.75) is 40.3 Å². The van der Waals surface area contributed by atoms with Crippen molar-refractivity contribution >= 4 is 11.6 Å². The molecule has 0 amide bonds. The standard InChI is InChI=1S/C23H30FN3O3/c1-14-21(17(4)28)15(2)25-22(14)23(29)16(3)27-10-8-26(9-11-27)13-18-12-19(24)6-7-20(18)30-5/h6-7,12,16,25H,8-11,13H2,1-5H3/p+2/t16-/m0/s1. The first kappa shape index (κ1) is 22.2. The monoisotopic (exact) mass is 417 g/mol. The number of Topliss-reactive ketones (excluding diaryl/α,β-unsaturated/α-hetero) is 2. The van der Waals surface area contributed by atoms with Crippen LogP contribution in [0, 0.1) is 19.7 Å². The predicted molar refractivity (Wildman–Crippen MR) is 112 cm³/mol. The zero-order valence-corrected chi connectivity index (χ0v) is 18.4. The highest BCUT2D eigenvalue weighted by Crippen LogP contribution is 2.20. The zero-order chi connectivity index (χ0) is 22.0. The lowest BCUT2D eigenvalue weighted by molar-refractivity contribution is -1.02. The molecule has 2 heterocycles. The van der Waals surface area contributed by atoms with Gasteiger partial charge in [-0.3, -0.25) is 9.59 Å². The van der Waals surface area contributed by atoms with Crippen molar-refractivity contribution < 1.29 is 28.5 Å². The molecule has 0 radical (unpaired) electrons. The van der Waals surface area contributed by atoms with Crippen molar-refractivity contribution in [1.29, 1.82) is 0 Å². The lowest BCUT2D eigenvalue weighted by Gasteiger charge is -2.32. The number of aromatic amines is 1. The Morgan fingerprint density at radius 3 is 2.43 bits per heavy atom. The molecule has 7 heteroatoms. The summed E-state index contributed by atoms with van der Waals surface area (Å²) in [7, 11) is 1.60. The molecule has 3 rings (SSSR count). The van der Waals surface area contributed by atoms with E-state index in [0.29, 0.717) is 23.6 Å². The molecule has 1 aliphatic rings. The molecule has 0 spiro atoms. The Kier molecular flexibility index (Phi) is 6.73. The van der Waals surface area contributed by atoms with E-state index < -0.39 is 0 Å². The van der Waals surface area contributed by atoms with Crippen LogP contribution < -0.4 is 14.5 Å². The summed E-state index contributed by atoms with van der Waals surface area (Å²) in [6.07, 6.45) is 0. The molecule has 30 heavy (non-hydrogen) atoms. The molecule has 1 atom stereocenters. The molecular formula is C23H32FN3O3+2. The minimum absolute atomic E-state index is 0.0229. The Hall–Kier alpha value is -2.51. The van der Waals surface area contributed by atoms with Gasteiger partial charge in [-0.05, 0) is 51.5 Å². The Labute approximate surface area is 177 Å². The fourth-order valence-corrected chi connectivity index (χ4v) is 4.62. The first-order chi connectivity index (χ1) is 14.2. The summed E-state index contributed by atoms with van der Waals surface area (Å²) in [6, 6.07) is 4.43. The smallest absolute Gasteiger partial charge is 0.235 e. The summed E-state index contributed by atoms with van der Waals surface area (Å²) < 4.78 is 19.0. The van der Waals surface area contributed by atoms with Crippen LogP contribution in [0.3, 0.4) is 0 Å². The van der Waals surface area contributed by atoms with Crippen molar-refractivity contribution in [1.82, 2.24) is 4.98 Å². The first-order valence-corrected chi connectivity index (χ1v) is 10.5. The third kappa shape index (κ3) is 4.47. The lowest BCUT2D eigenvalue weighted by Crippen LogP contribution is -3.29. The quantitative estimate of drug-likeness (QED) is 0.576. The van der Waals surface area contributed by atoms with Gasteiger partial charge in [-0.2, -0.15) is 0 Å². The number of aryl methyl sites for hydroxylation is 1. The third-order valence-corrected chi connectivity index (χ3v) is 6.32. The van der Waals surface area contributed by atoms with Crippen molar-refractivity contribution in [2.75, 3.05) is 33.3 Å². The van der Waals surface area contributed by atoms with E-state index >= 15 is 0 Å². The summed E-state index contributed by atoms with van der Waals surface area (Å²) in [6.45, 7) is 11.4. The number of nitrogens with one attached hydrogen (secondary N) is 3. The second-order valence-electron chi connectivity index (χ2n) is 8.31. The number of hydrogen-bond acceptors (Lipinski definition) is 3. The van der Waals surface area contributed by atoms with E-state index in [1.807, 2.05) is 20.8 Å². The van der Waals surface area contributed by atoms with E-state index in [4.69, 9.17) is 4.74 Å². The number of ether oxygens (including phenoxy) is 1. The average molecular weight is 418 g/mol. The Balaban J connectivity index is 1.64. The van der Waals surface area contributed by atoms with Gasteiger partial charge in [0.05, 0.1) is 18.4 Å². The minimum atomic E-state index is -0.254. The topological polar surface area (TPSA) is 68.0 Å². The molecule has 1 aromatic heterocycles. The van der Waals surface area contributed by atoms with Gasteiger partial charge in [-0.1, -0.05) is 0 Å². The highest BCUT2D eigenvalue weighted by Gasteiger charge is 2.34. The fourth-order valence-electron chi connectivity index (χ4n) is 4.62. The Morgan fingerprint density at radius 2 is 1.87 bits per heavy atom. The Bertz CT molecular complexity index is 945. The predicted octanol–water partition coefficient (Wildman–Crippen LogP) is 0.537. The minimum Gasteiger partial charge on any atom is -0.496 e. The number of hydrogen-bond donors (Lipinski definition) is 3. The number of carbonyl (C=O) groups excluding carboxylic acids is 2. The number of ketones is 2. The van der Waals surface area contributed by atoms with E-state index in [-0.39, 0.29) is 23.4 Å². The van der Waals surface area contributed by atoms with Crippen LogP contribution in [0.2, 0.25) is 0 Å². The van der Waals surface area contributed by atoms with Gasteiger partial charge < -0.3 is 19.5 Å². The van der Waals surface area contributed by atoms with Crippen LogP contribution in [0.4, 0.5) is 4.39 Å². The molecule has 1 aromatic carbocycles. The normalized spacial score (nSPS) is 20.1. The third-order valence-electron chi connectivity index (χ3n) is 6.32. The van der Waals surface area contributed by atoms with E-state index in [2.05, 4.69) is 4.98 Å². The summed E-state index contributed by atoms with van der Waals surface area (Å²) >= 11 is 0. The van der Waals surface area contributed by atoms with Crippen LogP contribution in [-0.4, -0.2) is 55.9 Å². The van der Waals surface area contributed by atoms with Crippen LogP contribution in [-0.2, 0) is 6.54 Å². The molecule has 1 saturated heterocycles. The number of halogens is 1. The zero-order valence-electron chi connectivity index (χ0n) is 18.4. The van der Waals surface area contributed by atoms with Crippen molar-refractivity contribution in [3.63, 3.8) is 0 Å². The van der Waals surface area contributed by atoms with Crippen LogP contribution in [0.15, 0.2) is 18.2 Å². The van der Waals surface area contributed by atoms with Crippen molar-refractivity contribution in [3.8, 4) is 5.75 Å². The molecule has 0 saturated carbocycles. The van der Waals surface area contributed by atoms with Gasteiger partial charge in [0.25, 0.3) is 0 Å². The highest BCUT2D eigenvalue weighted by molar-refractivity contribution is 6.04. The van der Waals surface area contributed by atoms with Crippen LogP contribution in [0.1, 0.15) is 51.5 Å². The largest absolute Gasteiger partial charge is 0.496 e. The summed E-state index contributed by atoms with van der Waals surface area (Å²) in [5.41, 5.74) is 3.55. The van der Waals surface area contributed by atoms with Gasteiger partial charge in [0.1, 0.15) is 44.3 Å². The maximum absolute atomic E-state index is 13.6. The van der Waals surface area contributed by atoms with Gasteiger partial charge in [0.2, 0.25) is 5.78 Å². The number of piperazine rings is 1. The lowest BCUT2D eigenvalue weighted by atomic mass is 10.0. The number of benzene rings is 1. The number of H-pyrrole nitrogens is 1. The highest BCUT2D eigenvalue weighted by atomic mass is 19.1. The summed E-state index contributed by atoms with van der Waals surface area (Å²) in [5, 5.41) is 0. The van der Waals surface area contributed by atoms with Gasteiger partial charge in [-0.25, -0.2) is 4.39 Å². The van der Waals surface area contributed by atoms with Crippen molar-refractivity contribution in [2.24, 2.45) is 0 Å². The van der Waals surface area contributed by atoms with Crippen molar-refractivity contribution in [3.05, 3.63) is 52.1 Å². The first-order valence-electron chi connectivity index (χ1n) is 10.5. The van der Waals surface area contributed by atoms with Crippen LogP contribution >= 0.6 is 0 Å². The fraction of sp³-hybridized carbons (Fsp3) is 0.478. The van der Waals surface area contributed by atoms with E-state index in [9.17, 15) is 14.0 Å². The van der Waals surface area contributed by atoms with E-state index in [1.165, 1.54) is 22.8 Å². The summed E-state index contributed by atoms with van der Waals surface area (Å²) in [5.74, 6) is 0.481. The molecule has 2 aromatic rings. The maximum Gasteiger partial charge on any atom is 0.235 e. The van der Waals surface area contributed by atoms with Crippen LogP contribution in [0.5, 0.6) is 5.75 Å². The molecule has 162 valence electrons. The van der Waals surface area contributed by atoms with Gasteiger partial charge in [-0.15, -0.1) is 0 Å². The Morgan fingerprint density at radius 1 is 1.20 bits per heavy atom.